The third-order valence-electron chi connectivity index (χ3n) is 5.30. The molecule has 1 aliphatic heterocycles. The van der Waals surface area contributed by atoms with E-state index in [0.717, 1.165) is 38.5 Å². The fourth-order valence-corrected chi connectivity index (χ4v) is 5.21. The number of nitrogens with zero attached hydrogens (tertiary/aromatic N) is 1. The summed E-state index contributed by atoms with van der Waals surface area (Å²) in [7, 11) is 0. The van der Waals surface area contributed by atoms with Gasteiger partial charge in [0.2, 0.25) is 5.91 Å². The van der Waals surface area contributed by atoms with Gasteiger partial charge >= 0.3 is 0 Å². The number of thioether (sulfide) groups is 1. The van der Waals surface area contributed by atoms with E-state index in [1.165, 1.54) is 23.9 Å². The Balaban J connectivity index is 1.58. The molecule has 0 spiro atoms. The molecule has 2 unspecified atom stereocenters. The van der Waals surface area contributed by atoms with E-state index < -0.39 is 0 Å². The normalized spacial score (nSPS) is 27.3. The van der Waals surface area contributed by atoms with Gasteiger partial charge in [-0.05, 0) is 31.7 Å². The molecule has 2 atom stereocenters. The summed E-state index contributed by atoms with van der Waals surface area (Å²) in [5, 5.41) is 3.19. The minimum atomic E-state index is -0.289. The predicted molar refractivity (Wildman–Crippen MR) is 99.8 cm³/mol. The molecule has 1 aromatic rings. The fourth-order valence-electron chi connectivity index (χ4n) is 3.76. The van der Waals surface area contributed by atoms with Gasteiger partial charge in [-0.1, -0.05) is 31.0 Å². The molecule has 4 nitrogen and oxygen atoms in total. The van der Waals surface area contributed by atoms with Crippen LogP contribution in [0.25, 0.3) is 0 Å². The van der Waals surface area contributed by atoms with Gasteiger partial charge in [0.25, 0.3) is 5.91 Å². The molecule has 138 valence electrons. The molecule has 1 heterocycles. The number of amides is 2. The van der Waals surface area contributed by atoms with E-state index in [2.05, 4.69) is 5.32 Å². The molecule has 26 heavy (non-hydrogen) atoms. The average molecular weight is 374 g/mol. The van der Waals surface area contributed by atoms with Crippen molar-refractivity contribution < 1.29 is 14.0 Å². The maximum atomic E-state index is 14.1. The first-order chi connectivity index (χ1) is 12.6. The first-order valence-corrected chi connectivity index (χ1v) is 10.2. The molecule has 6 heteroatoms. The van der Waals surface area contributed by atoms with Crippen LogP contribution in [0.2, 0.25) is 0 Å². The number of rotatable bonds is 4. The highest BCUT2D eigenvalue weighted by Gasteiger charge is 2.41. The van der Waals surface area contributed by atoms with Gasteiger partial charge in [0.15, 0.2) is 0 Å². The number of benzene rings is 1. The molecule has 1 saturated heterocycles. The number of halogens is 1. The quantitative estimate of drug-likeness (QED) is 0.822. The van der Waals surface area contributed by atoms with Crippen LogP contribution in [0.1, 0.15) is 44.1 Å². The van der Waals surface area contributed by atoms with Crippen molar-refractivity contribution in [3.63, 3.8) is 0 Å². The molecule has 0 bridgehead atoms. The zero-order valence-electron chi connectivity index (χ0n) is 14.6. The molecule has 2 saturated carbocycles. The number of fused-ring (bicyclic) bond motifs is 1. The second-order valence-corrected chi connectivity index (χ2v) is 8.61. The van der Waals surface area contributed by atoms with Gasteiger partial charge in [-0.15, -0.1) is 11.8 Å². The first kappa shape index (κ1) is 17.6. The summed E-state index contributed by atoms with van der Waals surface area (Å²) in [4.78, 5) is 27.5. The molecule has 2 aliphatic carbocycles. The first-order valence-electron chi connectivity index (χ1n) is 9.35. The lowest BCUT2D eigenvalue weighted by molar-refractivity contribution is -0.130. The number of carbonyl (C=O) groups excluding carboxylic acids is 2. The van der Waals surface area contributed by atoms with E-state index in [4.69, 9.17) is 0 Å². The lowest BCUT2D eigenvalue weighted by atomic mass is 9.92. The van der Waals surface area contributed by atoms with Crippen molar-refractivity contribution in [2.45, 2.75) is 62.4 Å². The van der Waals surface area contributed by atoms with E-state index in [1.807, 2.05) is 0 Å². The van der Waals surface area contributed by atoms with Gasteiger partial charge < -0.3 is 10.2 Å². The molecule has 1 N–H and O–H groups in total. The van der Waals surface area contributed by atoms with Gasteiger partial charge in [0, 0.05) is 35.5 Å². The third kappa shape index (κ3) is 3.80. The standard InChI is InChI=1S/C20H23FN2O2S/c21-15-6-2-1-5-13(15)12-23-16-7-3-4-8-17(16)26-18(20(23)25)11-19(24)22-14-9-10-14/h1-2,5-6,11,14,16-17H,3-4,7-10,12H2,(H,22,24)/b18-11-. The maximum Gasteiger partial charge on any atom is 0.261 e. The Labute approximate surface area is 157 Å². The minimum absolute atomic E-state index is 0.115. The summed E-state index contributed by atoms with van der Waals surface area (Å²) in [6.45, 7) is 0.259. The summed E-state index contributed by atoms with van der Waals surface area (Å²) in [5.41, 5.74) is 0.527. The van der Waals surface area contributed by atoms with Crippen LogP contribution in [-0.4, -0.2) is 34.0 Å². The van der Waals surface area contributed by atoms with Crippen LogP contribution in [0.3, 0.4) is 0 Å². The molecule has 3 fully saturated rings. The average Bonchev–Trinajstić information content (AvgIpc) is 3.44. The van der Waals surface area contributed by atoms with Crippen LogP contribution in [0.5, 0.6) is 0 Å². The molecule has 1 aromatic carbocycles. The van der Waals surface area contributed by atoms with Crippen LogP contribution >= 0.6 is 11.8 Å². The molecular weight excluding hydrogens is 351 g/mol. The highest BCUT2D eigenvalue weighted by molar-refractivity contribution is 8.04. The summed E-state index contributed by atoms with van der Waals surface area (Å²) < 4.78 is 14.1. The number of nitrogens with one attached hydrogen (secondary N) is 1. The third-order valence-corrected chi connectivity index (χ3v) is 6.70. The van der Waals surface area contributed by atoms with E-state index in [9.17, 15) is 14.0 Å². The van der Waals surface area contributed by atoms with Crippen LogP contribution in [0.4, 0.5) is 4.39 Å². The van der Waals surface area contributed by atoms with Gasteiger partial charge in [-0.2, -0.15) is 0 Å². The zero-order chi connectivity index (χ0) is 18.1. The van der Waals surface area contributed by atoms with E-state index >= 15 is 0 Å². The lowest BCUT2D eigenvalue weighted by Crippen LogP contribution is -2.51. The van der Waals surface area contributed by atoms with Crippen molar-refractivity contribution in [2.75, 3.05) is 0 Å². The Morgan fingerprint density at radius 3 is 2.77 bits per heavy atom. The predicted octanol–water partition coefficient (Wildman–Crippen LogP) is 3.37. The Hall–Kier alpha value is -1.82. The summed E-state index contributed by atoms with van der Waals surface area (Å²) in [6.07, 6.45) is 7.67. The largest absolute Gasteiger partial charge is 0.350 e. The van der Waals surface area contributed by atoms with Crippen molar-refractivity contribution in [1.82, 2.24) is 10.2 Å². The van der Waals surface area contributed by atoms with E-state index in [-0.39, 0.29) is 41.5 Å². The Bertz CT molecular complexity index is 747. The second kappa shape index (κ2) is 7.43. The summed E-state index contributed by atoms with van der Waals surface area (Å²) in [6, 6.07) is 6.98. The zero-order valence-corrected chi connectivity index (χ0v) is 15.4. The smallest absolute Gasteiger partial charge is 0.261 e. The van der Waals surface area contributed by atoms with Crippen molar-refractivity contribution in [3.05, 3.63) is 46.6 Å². The molecular formula is C20H23FN2O2S. The van der Waals surface area contributed by atoms with Gasteiger partial charge in [0.1, 0.15) is 5.82 Å². The minimum Gasteiger partial charge on any atom is -0.350 e. The maximum absolute atomic E-state index is 14.1. The highest BCUT2D eigenvalue weighted by atomic mass is 32.2. The van der Waals surface area contributed by atoms with Crippen LogP contribution < -0.4 is 5.32 Å². The molecule has 4 rings (SSSR count). The summed E-state index contributed by atoms with van der Waals surface area (Å²) >= 11 is 1.53. The monoisotopic (exact) mass is 374 g/mol. The summed E-state index contributed by atoms with van der Waals surface area (Å²) in [5.74, 6) is -0.626. The molecule has 2 amide bonds. The number of hydrogen-bond acceptors (Lipinski definition) is 3. The topological polar surface area (TPSA) is 49.4 Å². The van der Waals surface area contributed by atoms with Crippen LogP contribution in [0.15, 0.2) is 35.2 Å². The molecule has 0 radical (unpaired) electrons. The van der Waals surface area contributed by atoms with E-state index in [1.54, 1.807) is 23.1 Å². The number of hydrogen-bond donors (Lipinski definition) is 1. The highest BCUT2D eigenvalue weighted by Crippen LogP contribution is 2.42. The number of carbonyl (C=O) groups is 2. The van der Waals surface area contributed by atoms with Crippen LogP contribution in [-0.2, 0) is 16.1 Å². The van der Waals surface area contributed by atoms with Crippen molar-refractivity contribution in [1.29, 1.82) is 0 Å². The molecule has 0 aromatic heterocycles. The van der Waals surface area contributed by atoms with Gasteiger partial charge in [-0.3, -0.25) is 9.59 Å². The van der Waals surface area contributed by atoms with Crippen LogP contribution in [0, 0.1) is 5.82 Å². The van der Waals surface area contributed by atoms with Crippen molar-refractivity contribution in [2.24, 2.45) is 0 Å². The van der Waals surface area contributed by atoms with Crippen molar-refractivity contribution in [3.8, 4) is 0 Å². The van der Waals surface area contributed by atoms with Gasteiger partial charge in [-0.25, -0.2) is 4.39 Å². The SMILES string of the molecule is O=C(/C=C1\SC2CCCCC2N(Cc2ccccc2F)C1=O)NC1CC1. The second-order valence-electron chi connectivity index (χ2n) is 7.32. The Morgan fingerprint density at radius 1 is 1.23 bits per heavy atom. The Morgan fingerprint density at radius 2 is 2.00 bits per heavy atom. The fraction of sp³-hybridized carbons (Fsp3) is 0.500. The Kier molecular flexibility index (Phi) is 5.02. The van der Waals surface area contributed by atoms with E-state index in [0.29, 0.717) is 10.5 Å². The van der Waals surface area contributed by atoms with Gasteiger partial charge in [0.05, 0.1) is 4.91 Å². The van der Waals surface area contributed by atoms with Crippen molar-refractivity contribution >= 4 is 23.6 Å². The lowest BCUT2D eigenvalue weighted by Gasteiger charge is -2.44. The molecule has 3 aliphatic rings.